The summed E-state index contributed by atoms with van der Waals surface area (Å²) >= 11 is 1.83. The average molecular weight is 478 g/mol. The maximum absolute atomic E-state index is 6.78. The van der Waals surface area contributed by atoms with Crippen molar-refractivity contribution in [3.63, 3.8) is 0 Å². The maximum Gasteiger partial charge on any atom is 3.00 e. The molecule has 1 atom stereocenters. The van der Waals surface area contributed by atoms with Crippen molar-refractivity contribution in [3.05, 3.63) is 46.4 Å². The summed E-state index contributed by atoms with van der Waals surface area (Å²) in [4.78, 5) is 0.828. The topological polar surface area (TPSA) is 9.23 Å². The fourth-order valence-corrected chi connectivity index (χ4v) is 4.94. The van der Waals surface area contributed by atoms with E-state index in [1.54, 1.807) is 0 Å². The van der Waals surface area contributed by atoms with Crippen LogP contribution in [-0.4, -0.2) is 10.5 Å². The van der Waals surface area contributed by atoms with E-state index in [1.807, 2.05) is 11.8 Å². The summed E-state index contributed by atoms with van der Waals surface area (Å²) in [6.07, 6.45) is 14.4. The molecular weight excluding hydrogens is 443 g/mol. The van der Waals surface area contributed by atoms with Crippen LogP contribution >= 0.6 is 11.8 Å². The SMILES string of the molecule is CC(C)(C)OC1(SC2=[C-]CC=C2)CC=C(C(C)(C)C)C=C1C(C)(C)C.[Cl-].[Cl-].[Ti+3]. The molecule has 0 saturated carbocycles. The number of halogens is 2. The number of rotatable bonds is 3. The third kappa shape index (κ3) is 8.01. The molecule has 0 saturated heterocycles. The Morgan fingerprint density at radius 1 is 0.964 bits per heavy atom. The van der Waals surface area contributed by atoms with Gasteiger partial charge in [-0.05, 0) is 42.7 Å². The van der Waals surface area contributed by atoms with Crippen LogP contribution in [0, 0.1) is 16.9 Å². The fourth-order valence-electron chi connectivity index (χ4n) is 3.33. The molecule has 1 radical (unpaired) electrons. The zero-order valence-corrected chi connectivity index (χ0v) is 22.7. The Balaban J connectivity index is 0. The molecule has 2 aliphatic rings. The molecular formula is C23H35Cl2OSTi. The first-order chi connectivity index (χ1) is 11.2. The van der Waals surface area contributed by atoms with E-state index < -0.39 is 0 Å². The monoisotopic (exact) mass is 477 g/mol. The van der Waals surface area contributed by atoms with E-state index in [-0.39, 0.29) is 67.9 Å². The Bertz CT molecular complexity index is 643. The van der Waals surface area contributed by atoms with Crippen molar-refractivity contribution in [3.8, 4) is 0 Å². The molecule has 0 amide bonds. The van der Waals surface area contributed by atoms with Gasteiger partial charge >= 0.3 is 21.7 Å². The van der Waals surface area contributed by atoms with Gasteiger partial charge in [0, 0.05) is 6.42 Å². The van der Waals surface area contributed by atoms with E-state index in [0.717, 1.165) is 12.8 Å². The van der Waals surface area contributed by atoms with Gasteiger partial charge in [0.2, 0.25) is 0 Å². The van der Waals surface area contributed by atoms with Gasteiger partial charge in [0.15, 0.2) is 0 Å². The molecule has 1 unspecified atom stereocenters. The van der Waals surface area contributed by atoms with Crippen LogP contribution in [-0.2, 0) is 26.5 Å². The van der Waals surface area contributed by atoms with E-state index in [1.165, 1.54) is 16.1 Å². The van der Waals surface area contributed by atoms with E-state index >= 15 is 0 Å². The fraction of sp³-hybridized carbons (Fsp3) is 0.652. The van der Waals surface area contributed by atoms with Gasteiger partial charge in [-0.25, -0.2) is 6.08 Å². The number of allylic oxidation sites excluding steroid dienone is 5. The molecule has 0 aromatic rings. The number of thioether (sulfide) groups is 1. The van der Waals surface area contributed by atoms with Crippen molar-refractivity contribution in [2.24, 2.45) is 10.8 Å². The van der Waals surface area contributed by atoms with E-state index in [2.05, 4.69) is 92.7 Å². The smallest absolute Gasteiger partial charge is 1.00 e. The Morgan fingerprint density at radius 2 is 1.54 bits per heavy atom. The van der Waals surface area contributed by atoms with Crippen LogP contribution in [0.3, 0.4) is 0 Å². The van der Waals surface area contributed by atoms with Gasteiger partial charge in [-0.15, -0.1) is 18.2 Å². The largest absolute Gasteiger partial charge is 3.00 e. The first kappa shape index (κ1) is 30.8. The van der Waals surface area contributed by atoms with Crippen molar-refractivity contribution in [2.75, 3.05) is 0 Å². The van der Waals surface area contributed by atoms with Gasteiger partial charge in [0.25, 0.3) is 0 Å². The molecule has 0 fully saturated rings. The number of hydrogen-bond donors (Lipinski definition) is 0. The normalized spacial score (nSPS) is 22.2. The predicted octanol–water partition coefficient (Wildman–Crippen LogP) is 1.23. The molecule has 2 aliphatic carbocycles. The molecule has 0 aliphatic heterocycles. The van der Waals surface area contributed by atoms with Crippen LogP contribution in [0.15, 0.2) is 40.4 Å². The zero-order chi connectivity index (χ0) is 19.1. The van der Waals surface area contributed by atoms with Crippen LogP contribution in [0.5, 0.6) is 0 Å². The summed E-state index contributed by atoms with van der Waals surface area (Å²) in [5.74, 6) is 0. The molecule has 0 aromatic carbocycles. The van der Waals surface area contributed by atoms with Gasteiger partial charge < -0.3 is 29.6 Å². The second kappa shape index (κ2) is 10.7. The Morgan fingerprint density at radius 3 is 1.93 bits per heavy atom. The second-order valence-electron chi connectivity index (χ2n) is 10.1. The van der Waals surface area contributed by atoms with Gasteiger partial charge in [-0.3, -0.25) is 6.08 Å². The second-order valence-corrected chi connectivity index (χ2v) is 11.4. The molecule has 157 valence electrons. The van der Waals surface area contributed by atoms with Crippen LogP contribution < -0.4 is 24.8 Å². The van der Waals surface area contributed by atoms with Gasteiger partial charge in [-0.1, -0.05) is 53.7 Å². The van der Waals surface area contributed by atoms with E-state index in [0.29, 0.717) is 0 Å². The van der Waals surface area contributed by atoms with Crippen LogP contribution in [0.1, 0.15) is 75.2 Å². The molecule has 1 nitrogen and oxygen atoms in total. The van der Waals surface area contributed by atoms with Gasteiger partial charge in [-0.2, -0.15) is 11.0 Å². The molecule has 0 spiro atoms. The Hall–Kier alpha value is 0.564. The van der Waals surface area contributed by atoms with E-state index in [9.17, 15) is 0 Å². The predicted molar refractivity (Wildman–Crippen MR) is 111 cm³/mol. The quantitative estimate of drug-likeness (QED) is 0.343. The molecule has 28 heavy (non-hydrogen) atoms. The Labute approximate surface area is 205 Å². The number of hydrogen-bond acceptors (Lipinski definition) is 2. The van der Waals surface area contributed by atoms with Crippen LogP contribution in [0.2, 0.25) is 0 Å². The van der Waals surface area contributed by atoms with Crippen molar-refractivity contribution in [2.45, 2.75) is 85.7 Å². The van der Waals surface area contributed by atoms with Crippen molar-refractivity contribution in [1.82, 2.24) is 0 Å². The maximum atomic E-state index is 6.78. The standard InChI is InChI=1S/C23H35OS.2ClH.Ti/c1-20(2,3)17-14-15-23(24-22(7,8)9,19(16-17)21(4,5)6)25-18-12-10-11-13-18;;;/h10,12,14,16H,11,15H2,1-9H3;2*1H;/q-1;;;+3/p-2. The molecule has 5 heteroatoms. The van der Waals surface area contributed by atoms with E-state index in [4.69, 9.17) is 4.74 Å². The summed E-state index contributed by atoms with van der Waals surface area (Å²) in [6, 6.07) is 0. The molecule has 2 rings (SSSR count). The summed E-state index contributed by atoms with van der Waals surface area (Å²) in [5.41, 5.74) is 2.75. The summed E-state index contributed by atoms with van der Waals surface area (Å²) < 4.78 is 6.78. The minimum atomic E-state index is -0.373. The Kier molecular flexibility index (Phi) is 11.8. The minimum absolute atomic E-state index is 0. The molecule has 0 heterocycles. The molecule has 0 N–H and O–H groups in total. The summed E-state index contributed by atoms with van der Waals surface area (Å²) in [7, 11) is 0. The molecule has 0 aromatic heterocycles. The van der Waals surface area contributed by atoms with Crippen LogP contribution in [0.25, 0.3) is 0 Å². The molecule has 0 bridgehead atoms. The third-order valence-electron chi connectivity index (χ3n) is 4.38. The average Bonchev–Trinajstić information content (AvgIpc) is 2.86. The van der Waals surface area contributed by atoms with Gasteiger partial charge in [0.1, 0.15) is 4.93 Å². The first-order valence-corrected chi connectivity index (χ1v) is 10.1. The number of ether oxygens (including phenoxy) is 1. The third-order valence-corrected chi connectivity index (χ3v) is 5.68. The zero-order valence-electron chi connectivity index (χ0n) is 18.8. The summed E-state index contributed by atoms with van der Waals surface area (Å²) in [5, 5.41) is 0. The van der Waals surface area contributed by atoms with Crippen LogP contribution in [0.4, 0.5) is 0 Å². The summed E-state index contributed by atoms with van der Waals surface area (Å²) in [6.45, 7) is 20.2. The first-order valence-electron chi connectivity index (χ1n) is 9.33. The van der Waals surface area contributed by atoms with Crippen molar-refractivity contribution in [1.29, 1.82) is 0 Å². The van der Waals surface area contributed by atoms with Crippen molar-refractivity contribution >= 4 is 11.8 Å². The van der Waals surface area contributed by atoms with Crippen molar-refractivity contribution < 1.29 is 51.3 Å². The van der Waals surface area contributed by atoms with Gasteiger partial charge in [0.05, 0.1) is 5.60 Å². The minimum Gasteiger partial charge on any atom is -1.00 e.